The lowest BCUT2D eigenvalue weighted by Crippen LogP contribution is -2.35. The van der Waals surface area contributed by atoms with Crippen LogP contribution in [0.4, 0.5) is 4.39 Å². The lowest BCUT2D eigenvalue weighted by Gasteiger charge is -2.17. The van der Waals surface area contributed by atoms with Crippen molar-refractivity contribution in [2.24, 2.45) is 0 Å². The number of carbonyl (C=O) groups is 1. The lowest BCUT2D eigenvalue weighted by atomic mass is 10.1. The molecule has 1 heterocycles. The molecular formula is C18H16ClFN2O. The number of rotatable bonds is 5. The summed E-state index contributed by atoms with van der Waals surface area (Å²) in [6.07, 6.45) is 3.03. The van der Waals surface area contributed by atoms with E-state index in [2.05, 4.69) is 16.9 Å². The van der Waals surface area contributed by atoms with Gasteiger partial charge in [-0.1, -0.05) is 48.5 Å². The Morgan fingerprint density at radius 3 is 2.57 bits per heavy atom. The standard InChI is InChI=1S/C18H16ClFN2O/c1-12(19)15(20)11-14-7-8-16(21-14)17(23)22-18(9-10-18)13-5-3-2-4-6-13/h2-8,11,21H,1,9-10H2,(H,22,23)/b15-11+. The maximum Gasteiger partial charge on any atom is 0.268 e. The van der Waals surface area contributed by atoms with Crippen LogP contribution in [0.25, 0.3) is 6.08 Å². The fourth-order valence-electron chi connectivity index (χ4n) is 2.50. The van der Waals surface area contributed by atoms with E-state index in [1.807, 2.05) is 30.3 Å². The van der Waals surface area contributed by atoms with E-state index in [1.165, 1.54) is 6.08 Å². The summed E-state index contributed by atoms with van der Waals surface area (Å²) in [4.78, 5) is 15.3. The summed E-state index contributed by atoms with van der Waals surface area (Å²) in [7, 11) is 0. The summed E-state index contributed by atoms with van der Waals surface area (Å²) in [6, 6.07) is 13.1. The third-order valence-electron chi connectivity index (χ3n) is 3.92. The number of carbonyl (C=O) groups excluding carboxylic acids is 1. The normalized spacial score (nSPS) is 16.0. The molecule has 2 aromatic rings. The van der Waals surface area contributed by atoms with Crippen molar-refractivity contribution in [3.63, 3.8) is 0 Å². The SMILES string of the molecule is C=C(Cl)/C(F)=C\c1ccc(C(=O)NC2(c3ccccc3)CC2)[nH]1. The first kappa shape index (κ1) is 15.6. The van der Waals surface area contributed by atoms with Crippen LogP contribution in [0, 0.1) is 0 Å². The second-order valence-electron chi connectivity index (χ2n) is 5.63. The van der Waals surface area contributed by atoms with Crippen molar-refractivity contribution >= 4 is 23.6 Å². The lowest BCUT2D eigenvalue weighted by molar-refractivity contribution is 0.0926. The fourth-order valence-corrected chi connectivity index (χ4v) is 2.55. The average Bonchev–Trinajstić information content (AvgIpc) is 3.17. The number of hydrogen-bond donors (Lipinski definition) is 2. The number of amides is 1. The summed E-state index contributed by atoms with van der Waals surface area (Å²) in [5, 5.41) is 2.89. The van der Waals surface area contributed by atoms with Crippen LogP contribution in [-0.2, 0) is 5.54 Å². The van der Waals surface area contributed by atoms with Crippen LogP contribution in [0.15, 0.2) is 59.9 Å². The number of hydrogen-bond acceptors (Lipinski definition) is 1. The zero-order chi connectivity index (χ0) is 16.4. The van der Waals surface area contributed by atoms with Gasteiger partial charge in [0, 0.05) is 5.69 Å². The molecule has 1 fully saturated rings. The largest absolute Gasteiger partial charge is 0.351 e. The van der Waals surface area contributed by atoms with E-state index in [0.717, 1.165) is 18.4 Å². The number of aromatic amines is 1. The summed E-state index contributed by atoms with van der Waals surface area (Å²) in [6.45, 7) is 3.31. The van der Waals surface area contributed by atoms with E-state index in [4.69, 9.17) is 11.6 Å². The maximum atomic E-state index is 13.4. The Morgan fingerprint density at radius 1 is 1.26 bits per heavy atom. The highest BCUT2D eigenvalue weighted by atomic mass is 35.5. The molecule has 0 atom stereocenters. The van der Waals surface area contributed by atoms with E-state index in [1.54, 1.807) is 12.1 Å². The van der Waals surface area contributed by atoms with Crippen LogP contribution in [0.3, 0.4) is 0 Å². The molecule has 1 aliphatic carbocycles. The van der Waals surface area contributed by atoms with Crippen molar-refractivity contribution < 1.29 is 9.18 Å². The molecule has 23 heavy (non-hydrogen) atoms. The Kier molecular flexibility index (Phi) is 4.09. The van der Waals surface area contributed by atoms with Crippen LogP contribution >= 0.6 is 11.6 Å². The molecule has 2 N–H and O–H groups in total. The number of nitrogens with one attached hydrogen (secondary N) is 2. The molecule has 3 rings (SSSR count). The van der Waals surface area contributed by atoms with Gasteiger partial charge in [0.05, 0.1) is 10.6 Å². The number of benzene rings is 1. The number of H-pyrrole nitrogens is 1. The minimum absolute atomic E-state index is 0.174. The Bertz CT molecular complexity index is 775. The Labute approximate surface area is 138 Å². The van der Waals surface area contributed by atoms with Gasteiger partial charge in [-0.15, -0.1) is 0 Å². The van der Waals surface area contributed by atoms with Crippen molar-refractivity contribution in [1.82, 2.24) is 10.3 Å². The van der Waals surface area contributed by atoms with Gasteiger partial charge in [-0.2, -0.15) is 0 Å². The highest BCUT2D eigenvalue weighted by Gasteiger charge is 2.45. The Morgan fingerprint density at radius 2 is 1.96 bits per heavy atom. The maximum absolute atomic E-state index is 13.4. The highest BCUT2D eigenvalue weighted by Crippen LogP contribution is 2.45. The number of allylic oxidation sites excluding steroid dienone is 2. The number of halogens is 2. The first-order chi connectivity index (χ1) is 11.0. The molecule has 0 saturated heterocycles. The van der Waals surface area contributed by atoms with Crippen molar-refractivity contribution in [2.75, 3.05) is 0 Å². The summed E-state index contributed by atoms with van der Waals surface area (Å²) < 4.78 is 13.4. The second kappa shape index (κ2) is 6.05. The van der Waals surface area contributed by atoms with Crippen LogP contribution < -0.4 is 5.32 Å². The van der Waals surface area contributed by atoms with Gasteiger partial charge in [0.2, 0.25) is 0 Å². The predicted molar refractivity (Wildman–Crippen MR) is 89.7 cm³/mol. The molecule has 5 heteroatoms. The van der Waals surface area contributed by atoms with Gasteiger partial charge in [-0.3, -0.25) is 4.79 Å². The van der Waals surface area contributed by atoms with Crippen LogP contribution in [0.1, 0.15) is 34.6 Å². The smallest absolute Gasteiger partial charge is 0.268 e. The quantitative estimate of drug-likeness (QED) is 0.779. The summed E-state index contributed by atoms with van der Waals surface area (Å²) in [5.41, 5.74) is 1.66. The molecule has 1 aliphatic rings. The van der Waals surface area contributed by atoms with E-state index in [9.17, 15) is 9.18 Å². The molecule has 0 aliphatic heterocycles. The van der Waals surface area contributed by atoms with Gasteiger partial charge in [-0.05, 0) is 36.6 Å². The van der Waals surface area contributed by atoms with E-state index >= 15 is 0 Å². The topological polar surface area (TPSA) is 44.9 Å². The van der Waals surface area contributed by atoms with Crippen molar-refractivity contribution in [3.05, 3.63) is 76.9 Å². The average molecular weight is 331 g/mol. The minimum Gasteiger partial charge on any atom is -0.351 e. The molecule has 1 saturated carbocycles. The van der Waals surface area contributed by atoms with Crippen molar-refractivity contribution in [1.29, 1.82) is 0 Å². The minimum atomic E-state index is -0.636. The Balaban J connectivity index is 1.74. The molecule has 1 aromatic heterocycles. The number of aromatic nitrogens is 1. The van der Waals surface area contributed by atoms with Crippen molar-refractivity contribution in [2.45, 2.75) is 18.4 Å². The zero-order valence-electron chi connectivity index (χ0n) is 12.4. The zero-order valence-corrected chi connectivity index (χ0v) is 13.2. The molecule has 118 valence electrons. The van der Waals surface area contributed by atoms with Crippen molar-refractivity contribution in [3.8, 4) is 0 Å². The highest BCUT2D eigenvalue weighted by molar-refractivity contribution is 6.31. The summed E-state index contributed by atoms with van der Waals surface area (Å²) >= 11 is 5.48. The fraction of sp³-hybridized carbons (Fsp3) is 0.167. The second-order valence-corrected chi connectivity index (χ2v) is 6.08. The molecule has 0 radical (unpaired) electrons. The van der Waals surface area contributed by atoms with Gasteiger partial charge in [0.15, 0.2) is 0 Å². The molecule has 0 unspecified atom stereocenters. The molecule has 1 aromatic carbocycles. The van der Waals surface area contributed by atoms with Gasteiger partial charge >= 0.3 is 0 Å². The van der Waals surface area contributed by atoms with Gasteiger partial charge in [0.25, 0.3) is 5.91 Å². The molecule has 0 spiro atoms. The molecule has 0 bridgehead atoms. The Hall–Kier alpha value is -2.33. The van der Waals surface area contributed by atoms with Crippen LogP contribution in [0.5, 0.6) is 0 Å². The first-order valence-electron chi connectivity index (χ1n) is 7.29. The molecule has 1 amide bonds. The van der Waals surface area contributed by atoms with Crippen LogP contribution in [-0.4, -0.2) is 10.9 Å². The van der Waals surface area contributed by atoms with Gasteiger partial charge in [-0.25, -0.2) is 4.39 Å². The third kappa shape index (κ3) is 3.37. The molecule has 3 nitrogen and oxygen atoms in total. The monoisotopic (exact) mass is 330 g/mol. The molecular weight excluding hydrogens is 315 g/mol. The van der Waals surface area contributed by atoms with Gasteiger partial charge in [0.1, 0.15) is 11.5 Å². The van der Waals surface area contributed by atoms with Gasteiger partial charge < -0.3 is 10.3 Å². The van der Waals surface area contributed by atoms with E-state index in [-0.39, 0.29) is 16.5 Å². The first-order valence-corrected chi connectivity index (χ1v) is 7.67. The third-order valence-corrected chi connectivity index (χ3v) is 4.10. The van der Waals surface area contributed by atoms with Crippen LogP contribution in [0.2, 0.25) is 0 Å². The summed E-state index contributed by atoms with van der Waals surface area (Å²) in [5.74, 6) is -0.848. The van der Waals surface area contributed by atoms with E-state index in [0.29, 0.717) is 11.4 Å². The predicted octanol–water partition coefficient (Wildman–Crippen LogP) is 4.50. The van der Waals surface area contributed by atoms with E-state index < -0.39 is 5.83 Å².